The van der Waals surface area contributed by atoms with Crippen LogP contribution in [0.3, 0.4) is 0 Å². The largest absolute Gasteiger partial charge is 0.0654 e. The first kappa shape index (κ1) is 21.3. The van der Waals surface area contributed by atoms with E-state index >= 15 is 0 Å². The van der Waals surface area contributed by atoms with Crippen molar-refractivity contribution in [2.24, 2.45) is 5.92 Å². The second-order valence-electron chi connectivity index (χ2n) is 7.58. The molecule has 137 valence electrons. The molecular weight excluding hydrogens is 288 g/mol. The van der Waals surface area contributed by atoms with Crippen LogP contribution >= 0.6 is 0 Å². The summed E-state index contributed by atoms with van der Waals surface area (Å²) in [6.45, 7) is 4.67. The highest BCUT2D eigenvalue weighted by Crippen LogP contribution is 2.17. The van der Waals surface area contributed by atoms with Gasteiger partial charge in [0, 0.05) is 0 Å². The van der Waals surface area contributed by atoms with Gasteiger partial charge in [0.2, 0.25) is 0 Å². The monoisotopic (exact) mass is 329 g/mol. The number of hydrogen-bond donors (Lipinski definition) is 0. The van der Waals surface area contributed by atoms with Crippen LogP contribution in [0, 0.1) is 12.3 Å². The summed E-state index contributed by atoms with van der Waals surface area (Å²) in [6.07, 6.45) is 22.3. The molecule has 0 heterocycles. The van der Waals surface area contributed by atoms with Gasteiger partial charge >= 0.3 is 0 Å². The number of benzene rings is 1. The molecule has 0 nitrogen and oxygen atoms in total. The van der Waals surface area contributed by atoms with E-state index in [1.165, 1.54) is 89.0 Å². The van der Waals surface area contributed by atoms with Gasteiger partial charge in [-0.25, -0.2) is 0 Å². The summed E-state index contributed by atoms with van der Waals surface area (Å²) in [5.74, 6) is 0.758. The molecule has 1 unspecified atom stereocenters. The van der Waals surface area contributed by atoms with E-state index in [4.69, 9.17) is 0 Å². The average Bonchev–Trinajstić information content (AvgIpc) is 2.62. The molecule has 24 heavy (non-hydrogen) atoms. The van der Waals surface area contributed by atoms with Crippen molar-refractivity contribution < 1.29 is 0 Å². The van der Waals surface area contributed by atoms with Crippen molar-refractivity contribution in [3.63, 3.8) is 0 Å². The van der Waals surface area contributed by atoms with Crippen molar-refractivity contribution in [3.05, 3.63) is 42.3 Å². The van der Waals surface area contributed by atoms with E-state index in [9.17, 15) is 0 Å². The van der Waals surface area contributed by atoms with Crippen molar-refractivity contribution in [1.82, 2.24) is 0 Å². The van der Waals surface area contributed by atoms with E-state index < -0.39 is 0 Å². The summed E-state index contributed by atoms with van der Waals surface area (Å²) in [5.41, 5.74) is 1.44. The third-order valence-electron chi connectivity index (χ3n) is 5.11. The van der Waals surface area contributed by atoms with Crippen LogP contribution in [0.5, 0.6) is 0 Å². The predicted octanol–water partition coefficient (Wildman–Crippen LogP) is 8.16. The maximum absolute atomic E-state index is 2.49. The summed E-state index contributed by atoms with van der Waals surface area (Å²) < 4.78 is 0. The minimum atomic E-state index is 0.758. The molecule has 1 radical (unpaired) electrons. The molecule has 0 saturated heterocycles. The van der Waals surface area contributed by atoms with Crippen molar-refractivity contribution in [2.45, 2.75) is 104 Å². The summed E-state index contributed by atoms with van der Waals surface area (Å²) in [5, 5.41) is 0. The van der Waals surface area contributed by atoms with Gasteiger partial charge in [0.05, 0.1) is 0 Å². The lowest BCUT2D eigenvalue weighted by Gasteiger charge is -2.10. The smallest absolute Gasteiger partial charge is 0.0245 e. The van der Waals surface area contributed by atoms with Crippen LogP contribution < -0.4 is 0 Å². The van der Waals surface area contributed by atoms with Gasteiger partial charge in [-0.15, -0.1) is 0 Å². The second kappa shape index (κ2) is 15.7. The third kappa shape index (κ3) is 12.6. The van der Waals surface area contributed by atoms with Gasteiger partial charge in [-0.05, 0) is 24.3 Å². The Kier molecular flexibility index (Phi) is 13.9. The summed E-state index contributed by atoms with van der Waals surface area (Å²) in [7, 11) is 0. The van der Waals surface area contributed by atoms with Gasteiger partial charge < -0.3 is 0 Å². The fraction of sp³-hybridized carbons (Fsp3) is 0.708. The molecule has 0 aliphatic heterocycles. The van der Waals surface area contributed by atoms with Gasteiger partial charge in [0.1, 0.15) is 0 Å². The van der Waals surface area contributed by atoms with E-state index in [1.54, 1.807) is 0 Å². The van der Waals surface area contributed by atoms with Crippen LogP contribution in [0.4, 0.5) is 0 Å². The van der Waals surface area contributed by atoms with Gasteiger partial charge in [0.15, 0.2) is 0 Å². The summed E-state index contributed by atoms with van der Waals surface area (Å²) in [4.78, 5) is 0. The van der Waals surface area contributed by atoms with E-state index in [2.05, 4.69) is 50.6 Å². The van der Waals surface area contributed by atoms with Gasteiger partial charge in [0.25, 0.3) is 0 Å². The Morgan fingerprint density at radius 2 is 1.21 bits per heavy atom. The first-order chi connectivity index (χ1) is 11.8. The van der Waals surface area contributed by atoms with Crippen LogP contribution in [0.25, 0.3) is 0 Å². The van der Waals surface area contributed by atoms with Crippen LogP contribution in [-0.2, 0) is 6.42 Å². The maximum Gasteiger partial charge on any atom is -0.0245 e. The highest BCUT2D eigenvalue weighted by Gasteiger charge is 2.03. The lowest BCUT2D eigenvalue weighted by atomic mass is 9.95. The molecule has 0 saturated carbocycles. The van der Waals surface area contributed by atoms with Gasteiger partial charge in [-0.1, -0.05) is 128 Å². The molecule has 0 aliphatic carbocycles. The number of hydrogen-bond acceptors (Lipinski definition) is 0. The molecule has 0 aromatic heterocycles. The molecule has 1 rings (SSSR count). The van der Waals surface area contributed by atoms with E-state index in [-0.39, 0.29) is 0 Å². The summed E-state index contributed by atoms with van der Waals surface area (Å²) in [6, 6.07) is 10.8. The second-order valence-corrected chi connectivity index (χ2v) is 7.58. The van der Waals surface area contributed by atoms with Crippen molar-refractivity contribution in [1.29, 1.82) is 0 Å². The quantitative estimate of drug-likeness (QED) is 0.268. The fourth-order valence-corrected chi connectivity index (χ4v) is 3.38. The molecule has 1 atom stereocenters. The first-order valence-corrected chi connectivity index (χ1v) is 10.7. The number of rotatable bonds is 16. The van der Waals surface area contributed by atoms with Crippen molar-refractivity contribution in [2.75, 3.05) is 0 Å². The fourth-order valence-electron chi connectivity index (χ4n) is 3.38. The molecule has 1 aromatic rings. The first-order valence-electron chi connectivity index (χ1n) is 10.7. The highest BCUT2D eigenvalue weighted by molar-refractivity contribution is 5.16. The zero-order chi connectivity index (χ0) is 17.3. The van der Waals surface area contributed by atoms with Crippen molar-refractivity contribution >= 4 is 0 Å². The summed E-state index contributed by atoms with van der Waals surface area (Å²) >= 11 is 0. The minimum Gasteiger partial charge on any atom is -0.0654 e. The van der Waals surface area contributed by atoms with E-state index in [0.717, 1.165) is 12.3 Å². The standard InChI is InChI=1S/C24H41/c1-3-4-5-6-7-8-9-10-11-12-13-15-18-23(2)21-22-24-19-16-14-17-20-24/h14,16-17,19-21,23H,3-13,15,18,22H2,1-2H3. The van der Waals surface area contributed by atoms with Crippen LogP contribution in [0.1, 0.15) is 103 Å². The molecule has 0 bridgehead atoms. The zero-order valence-electron chi connectivity index (χ0n) is 16.4. The van der Waals surface area contributed by atoms with Crippen LogP contribution in [0.2, 0.25) is 0 Å². The normalized spacial score (nSPS) is 12.4. The third-order valence-corrected chi connectivity index (χ3v) is 5.11. The Morgan fingerprint density at radius 3 is 1.75 bits per heavy atom. The molecular formula is C24H41. The van der Waals surface area contributed by atoms with Crippen molar-refractivity contribution in [3.8, 4) is 0 Å². The number of unbranched alkanes of at least 4 members (excludes halogenated alkanes) is 11. The topological polar surface area (TPSA) is 0 Å². The molecule has 1 aromatic carbocycles. The predicted molar refractivity (Wildman–Crippen MR) is 109 cm³/mol. The lowest BCUT2D eigenvalue weighted by Crippen LogP contribution is -1.98. The Hall–Kier alpha value is -0.780. The lowest BCUT2D eigenvalue weighted by molar-refractivity contribution is 0.508. The SMILES string of the molecule is CCCCCCCCCCCCCCC(C)[CH]Cc1ccccc1. The molecule has 0 amide bonds. The Labute approximate surface area is 152 Å². The minimum absolute atomic E-state index is 0.758. The van der Waals surface area contributed by atoms with Crippen LogP contribution in [-0.4, -0.2) is 0 Å². The van der Waals surface area contributed by atoms with E-state index in [1.807, 2.05) is 0 Å². The van der Waals surface area contributed by atoms with Gasteiger partial charge in [-0.3, -0.25) is 0 Å². The van der Waals surface area contributed by atoms with E-state index in [0.29, 0.717) is 0 Å². The Balaban J connectivity index is 1.81. The Bertz CT molecular complexity index is 354. The van der Waals surface area contributed by atoms with Gasteiger partial charge in [-0.2, -0.15) is 0 Å². The van der Waals surface area contributed by atoms with Crippen LogP contribution in [0.15, 0.2) is 30.3 Å². The zero-order valence-corrected chi connectivity index (χ0v) is 16.4. The molecule has 0 heteroatoms. The average molecular weight is 330 g/mol. The Morgan fingerprint density at radius 1 is 0.708 bits per heavy atom. The molecule has 0 N–H and O–H groups in total. The molecule has 0 spiro atoms. The highest BCUT2D eigenvalue weighted by atomic mass is 14.1. The molecule has 0 fully saturated rings. The maximum atomic E-state index is 2.49. The molecule has 0 aliphatic rings.